The molecule has 3 N–H and O–H groups in total. The van der Waals surface area contributed by atoms with Gasteiger partial charge in [0.1, 0.15) is 6.61 Å². The third-order valence-electron chi connectivity index (χ3n) is 8.55. The Hall–Kier alpha value is -3.55. The van der Waals surface area contributed by atoms with Crippen LogP contribution in [0, 0.1) is 0 Å². The Labute approximate surface area is 235 Å². The monoisotopic (exact) mass is 564 g/mol. The average molecular weight is 565 g/mol. The molecule has 12 nitrogen and oxygen atoms in total. The van der Waals surface area contributed by atoms with Crippen LogP contribution in [0.1, 0.15) is 35.6 Å². The van der Waals surface area contributed by atoms with Gasteiger partial charge in [-0.15, -0.1) is 0 Å². The van der Waals surface area contributed by atoms with Crippen molar-refractivity contribution in [2.75, 3.05) is 46.2 Å². The first-order chi connectivity index (χ1) is 19.9. The summed E-state index contributed by atoms with van der Waals surface area (Å²) in [6.45, 7) is 6.20. The van der Waals surface area contributed by atoms with Gasteiger partial charge in [0.2, 0.25) is 6.79 Å². The van der Waals surface area contributed by atoms with Gasteiger partial charge in [-0.25, -0.2) is 9.78 Å². The Bertz CT molecular complexity index is 1620. The van der Waals surface area contributed by atoms with Crippen LogP contribution in [-0.4, -0.2) is 82.9 Å². The molecule has 2 aromatic heterocycles. The van der Waals surface area contributed by atoms with Crippen molar-refractivity contribution in [2.24, 2.45) is 0 Å². The van der Waals surface area contributed by atoms with Crippen LogP contribution in [0.25, 0.3) is 22.3 Å². The molecule has 1 saturated heterocycles. The quantitative estimate of drug-likeness (QED) is 0.271. The number of rotatable bonds is 7. The topological polar surface area (TPSA) is 145 Å². The number of hydrogen-bond donors (Lipinski definition) is 3. The van der Waals surface area contributed by atoms with E-state index in [1.807, 2.05) is 12.1 Å². The minimum Gasteiger partial charge on any atom is -0.458 e. The molecule has 12 heteroatoms. The summed E-state index contributed by atoms with van der Waals surface area (Å²) in [6, 6.07) is 5.44. The van der Waals surface area contributed by atoms with Crippen molar-refractivity contribution in [3.8, 4) is 22.9 Å². The van der Waals surface area contributed by atoms with Crippen LogP contribution in [-0.2, 0) is 39.6 Å². The maximum absolute atomic E-state index is 13.7. The number of aliphatic hydroxyl groups excluding tert-OH is 1. The smallest absolute Gasteiger partial charge is 0.343 e. The van der Waals surface area contributed by atoms with Crippen molar-refractivity contribution in [3.63, 3.8) is 0 Å². The van der Waals surface area contributed by atoms with Crippen LogP contribution in [0.5, 0.6) is 11.5 Å². The summed E-state index contributed by atoms with van der Waals surface area (Å²) in [4.78, 5) is 33.4. The van der Waals surface area contributed by atoms with Gasteiger partial charge in [-0.2, -0.15) is 0 Å². The fourth-order valence-corrected chi connectivity index (χ4v) is 6.26. The molecule has 0 bridgehead atoms. The second-order valence-electron chi connectivity index (χ2n) is 10.9. The number of pyridine rings is 2. The summed E-state index contributed by atoms with van der Waals surface area (Å²) < 4.78 is 23.5. The summed E-state index contributed by atoms with van der Waals surface area (Å²) >= 11 is 0. The molecule has 0 radical (unpaired) electrons. The third kappa shape index (κ3) is 4.29. The van der Waals surface area contributed by atoms with Crippen molar-refractivity contribution >= 4 is 16.9 Å². The van der Waals surface area contributed by atoms with Gasteiger partial charge in [0, 0.05) is 55.3 Å². The van der Waals surface area contributed by atoms with Crippen LogP contribution in [0.15, 0.2) is 23.0 Å². The lowest BCUT2D eigenvalue weighted by Crippen LogP contribution is -2.44. The molecule has 0 unspecified atom stereocenters. The predicted octanol–water partition coefficient (Wildman–Crippen LogP) is 0.591. The number of hydrogen-bond acceptors (Lipinski definition) is 11. The molecular formula is C29H32N4O8. The second-order valence-corrected chi connectivity index (χ2v) is 10.9. The molecule has 41 heavy (non-hydrogen) atoms. The van der Waals surface area contributed by atoms with Crippen LogP contribution in [0.3, 0.4) is 0 Å². The van der Waals surface area contributed by atoms with Gasteiger partial charge in [0.15, 0.2) is 17.1 Å². The second kappa shape index (κ2) is 10.1. The van der Waals surface area contributed by atoms with Crippen LogP contribution >= 0.6 is 0 Å². The van der Waals surface area contributed by atoms with Gasteiger partial charge in [0.25, 0.3) is 5.56 Å². The number of cyclic esters (lactones) is 1. The van der Waals surface area contributed by atoms with Crippen LogP contribution < -0.4 is 20.3 Å². The highest BCUT2D eigenvalue weighted by Gasteiger charge is 2.45. The molecule has 7 rings (SSSR count). The highest BCUT2D eigenvalue weighted by molar-refractivity contribution is 5.91. The Kier molecular flexibility index (Phi) is 6.47. The summed E-state index contributed by atoms with van der Waals surface area (Å²) in [5.41, 5.74) is 1.96. The molecule has 0 amide bonds. The highest BCUT2D eigenvalue weighted by Crippen LogP contribution is 2.43. The first kappa shape index (κ1) is 26.4. The van der Waals surface area contributed by atoms with Crippen LogP contribution in [0.2, 0.25) is 0 Å². The zero-order valence-electron chi connectivity index (χ0n) is 22.8. The number of benzene rings is 1. The first-order valence-electron chi connectivity index (χ1n) is 14.0. The lowest BCUT2D eigenvalue weighted by atomic mass is 9.86. The maximum atomic E-state index is 13.7. The molecule has 0 saturated carbocycles. The van der Waals surface area contributed by atoms with Gasteiger partial charge >= 0.3 is 5.97 Å². The van der Waals surface area contributed by atoms with Crippen molar-refractivity contribution in [1.82, 2.24) is 19.8 Å². The normalized spacial score (nSPS) is 21.9. The molecule has 0 aliphatic carbocycles. The molecule has 1 aromatic carbocycles. The minimum absolute atomic E-state index is 0.0746. The van der Waals surface area contributed by atoms with E-state index >= 15 is 0 Å². The number of morpholine rings is 1. The highest BCUT2D eigenvalue weighted by atomic mass is 16.7. The summed E-state index contributed by atoms with van der Waals surface area (Å²) in [6.07, 6.45) is -0.489. The minimum atomic E-state index is -1.89. The molecule has 4 aliphatic heterocycles. The standard InChI is InChI=1S/C29H32N4O8/c1-2-29(37)21-8-23-26-19(13-33(23)27(35)20(21)14-39-28(29)36)18(11-30-10-16(34)12-32-3-5-38-6-4-32)17-7-24-25(41-15-40-24)9-22(17)31-26/h7-9,16,30,34,37H,2-6,10-15H2,1H3/t16-,29+/m1/s1. The Balaban J connectivity index is 1.28. The third-order valence-corrected chi connectivity index (χ3v) is 8.55. The van der Waals surface area contributed by atoms with Gasteiger partial charge in [-0.1, -0.05) is 6.92 Å². The molecular weight excluding hydrogens is 532 g/mol. The molecule has 1 fully saturated rings. The van der Waals surface area contributed by atoms with Gasteiger partial charge in [-0.05, 0) is 24.1 Å². The van der Waals surface area contributed by atoms with Crippen molar-refractivity contribution in [2.45, 2.75) is 44.7 Å². The number of nitrogens with one attached hydrogen (secondary N) is 1. The number of aliphatic hydroxyl groups is 2. The number of aromatic nitrogens is 2. The lowest BCUT2D eigenvalue weighted by Gasteiger charge is -2.31. The average Bonchev–Trinajstić information content (AvgIpc) is 3.59. The molecule has 4 aliphatic rings. The lowest BCUT2D eigenvalue weighted by molar-refractivity contribution is -0.172. The summed E-state index contributed by atoms with van der Waals surface area (Å²) in [5, 5.41) is 26.2. The Morgan fingerprint density at radius 1 is 1.10 bits per heavy atom. The van der Waals surface area contributed by atoms with Crippen LogP contribution in [0.4, 0.5) is 0 Å². The van der Waals surface area contributed by atoms with E-state index in [9.17, 15) is 19.8 Å². The van der Waals surface area contributed by atoms with Gasteiger partial charge in [-0.3, -0.25) is 9.69 Å². The fraction of sp³-hybridized carbons (Fsp3) is 0.483. The fourth-order valence-electron chi connectivity index (χ4n) is 6.26. The van der Waals surface area contributed by atoms with E-state index in [-0.39, 0.29) is 43.1 Å². The zero-order valence-corrected chi connectivity index (χ0v) is 22.8. The Morgan fingerprint density at radius 2 is 1.88 bits per heavy atom. The SMILES string of the molecule is CC[C@@]1(O)C(=O)OCc2c1cc1n(c2=O)Cc2c-1nc1cc3c(cc1c2CNC[C@@H](O)CN1CCOCC1)OCO3. The van der Waals surface area contributed by atoms with E-state index in [4.69, 9.17) is 23.9 Å². The molecule has 0 spiro atoms. The van der Waals surface area contributed by atoms with E-state index < -0.39 is 17.7 Å². The number of β-amino-alcohol motifs (C(OH)–C–C–N with tert-alkyl or cyclic N) is 1. The maximum Gasteiger partial charge on any atom is 0.343 e. The van der Waals surface area contributed by atoms with Crippen molar-refractivity contribution in [1.29, 1.82) is 0 Å². The molecule has 3 aromatic rings. The predicted molar refractivity (Wildman–Crippen MR) is 146 cm³/mol. The number of nitrogens with zero attached hydrogens (tertiary/aromatic N) is 3. The number of fused-ring (bicyclic) bond motifs is 6. The number of carbonyl (C=O) groups excluding carboxylic acids is 1. The summed E-state index contributed by atoms with van der Waals surface area (Å²) in [5.74, 6) is 0.461. The van der Waals surface area contributed by atoms with E-state index in [2.05, 4.69) is 10.2 Å². The number of esters is 1. The zero-order chi connectivity index (χ0) is 28.3. The molecule has 6 heterocycles. The molecule has 216 valence electrons. The van der Waals surface area contributed by atoms with Crippen molar-refractivity contribution < 1.29 is 34.0 Å². The molecule has 2 atom stereocenters. The van der Waals surface area contributed by atoms with Gasteiger partial charge in [0.05, 0.1) is 48.3 Å². The van der Waals surface area contributed by atoms with E-state index in [1.54, 1.807) is 17.6 Å². The summed E-state index contributed by atoms with van der Waals surface area (Å²) in [7, 11) is 0. The number of carbonyl (C=O) groups is 1. The van der Waals surface area contributed by atoms with Gasteiger partial charge < -0.3 is 39.0 Å². The van der Waals surface area contributed by atoms with E-state index in [0.717, 1.165) is 29.6 Å². The largest absolute Gasteiger partial charge is 0.458 e. The van der Waals surface area contributed by atoms with E-state index in [1.165, 1.54) is 0 Å². The number of ether oxygens (including phenoxy) is 4. The Morgan fingerprint density at radius 3 is 2.66 bits per heavy atom. The van der Waals surface area contributed by atoms with Crippen molar-refractivity contribution in [3.05, 3.63) is 50.8 Å². The van der Waals surface area contributed by atoms with E-state index in [0.29, 0.717) is 61.3 Å². The first-order valence-corrected chi connectivity index (χ1v) is 14.0.